The number of benzene rings is 1. The van der Waals surface area contributed by atoms with Crippen LogP contribution >= 0.6 is 0 Å². The van der Waals surface area contributed by atoms with Crippen LogP contribution in [-0.2, 0) is 6.54 Å². The number of nitrogens with two attached hydrogens (primary N) is 1. The first-order chi connectivity index (χ1) is 8.49. The predicted molar refractivity (Wildman–Crippen MR) is 74.4 cm³/mol. The third kappa shape index (κ3) is 5.29. The summed E-state index contributed by atoms with van der Waals surface area (Å²) in [6.07, 6.45) is 1.10. The zero-order valence-electron chi connectivity index (χ0n) is 11.4. The lowest BCUT2D eigenvalue weighted by Crippen LogP contribution is -2.29. The van der Waals surface area contributed by atoms with Crippen molar-refractivity contribution < 1.29 is 4.79 Å². The van der Waals surface area contributed by atoms with Gasteiger partial charge in [-0.05, 0) is 51.7 Å². The van der Waals surface area contributed by atoms with E-state index in [-0.39, 0.29) is 5.91 Å². The van der Waals surface area contributed by atoms with E-state index in [0.717, 1.165) is 25.1 Å². The Labute approximate surface area is 109 Å². The maximum absolute atomic E-state index is 11.1. The molecule has 1 aromatic carbocycles. The van der Waals surface area contributed by atoms with Gasteiger partial charge in [0.2, 0.25) is 5.91 Å². The van der Waals surface area contributed by atoms with Crippen LogP contribution in [0.25, 0.3) is 0 Å². The molecule has 0 aromatic heterocycles. The van der Waals surface area contributed by atoms with Gasteiger partial charge in [-0.25, -0.2) is 0 Å². The molecular formula is C14H23N3O. The van der Waals surface area contributed by atoms with E-state index in [4.69, 9.17) is 5.73 Å². The number of rotatable bonds is 7. The van der Waals surface area contributed by atoms with Gasteiger partial charge in [0.15, 0.2) is 0 Å². The summed E-state index contributed by atoms with van der Waals surface area (Å²) in [5.74, 6) is -0.377. The number of nitrogens with zero attached hydrogens (tertiary/aromatic N) is 1. The number of amides is 1. The van der Waals surface area contributed by atoms with Gasteiger partial charge in [-0.15, -0.1) is 0 Å². The number of carbonyl (C=O) groups excluding carboxylic acids is 1. The average molecular weight is 249 g/mol. The molecule has 0 spiro atoms. The molecule has 1 aromatic rings. The van der Waals surface area contributed by atoms with Gasteiger partial charge in [-0.1, -0.05) is 12.1 Å². The molecule has 1 atom stereocenters. The standard InChI is InChI=1S/C14H23N3O/c1-11(7-8-17(2)3)16-10-12-5-4-6-13(9-12)14(15)18/h4-6,9,11,16H,7-8,10H2,1-3H3,(H2,15,18). The second-order valence-electron chi connectivity index (χ2n) is 4.94. The average Bonchev–Trinajstić information content (AvgIpc) is 2.34. The van der Waals surface area contributed by atoms with Gasteiger partial charge in [-0.2, -0.15) is 0 Å². The van der Waals surface area contributed by atoms with Crippen LogP contribution in [0.4, 0.5) is 0 Å². The minimum Gasteiger partial charge on any atom is -0.366 e. The fraction of sp³-hybridized carbons (Fsp3) is 0.500. The van der Waals surface area contributed by atoms with Gasteiger partial charge in [0.25, 0.3) is 0 Å². The minimum absolute atomic E-state index is 0.377. The van der Waals surface area contributed by atoms with E-state index >= 15 is 0 Å². The lowest BCUT2D eigenvalue weighted by Gasteiger charge is -2.16. The molecule has 4 heteroatoms. The molecule has 0 aliphatic carbocycles. The van der Waals surface area contributed by atoms with Gasteiger partial charge < -0.3 is 16.0 Å². The van der Waals surface area contributed by atoms with Crippen LogP contribution in [0.15, 0.2) is 24.3 Å². The molecule has 18 heavy (non-hydrogen) atoms. The second kappa shape index (κ2) is 7.13. The van der Waals surface area contributed by atoms with Crippen molar-refractivity contribution in [3.63, 3.8) is 0 Å². The molecule has 1 unspecified atom stereocenters. The molecule has 0 radical (unpaired) electrons. The van der Waals surface area contributed by atoms with E-state index in [1.54, 1.807) is 6.07 Å². The van der Waals surface area contributed by atoms with Gasteiger partial charge in [0.05, 0.1) is 0 Å². The highest BCUT2D eigenvalue weighted by Crippen LogP contribution is 2.05. The van der Waals surface area contributed by atoms with Gasteiger partial charge in [0.1, 0.15) is 0 Å². The van der Waals surface area contributed by atoms with E-state index < -0.39 is 0 Å². The van der Waals surface area contributed by atoms with E-state index in [0.29, 0.717) is 11.6 Å². The summed E-state index contributed by atoms with van der Waals surface area (Å²) in [5, 5.41) is 3.44. The summed E-state index contributed by atoms with van der Waals surface area (Å²) in [6.45, 7) is 3.99. The topological polar surface area (TPSA) is 58.4 Å². The van der Waals surface area contributed by atoms with Crippen LogP contribution in [0.3, 0.4) is 0 Å². The fourth-order valence-corrected chi connectivity index (χ4v) is 1.68. The first-order valence-electron chi connectivity index (χ1n) is 6.26. The Morgan fingerprint density at radius 1 is 1.44 bits per heavy atom. The number of hydrogen-bond donors (Lipinski definition) is 2. The Morgan fingerprint density at radius 2 is 2.17 bits per heavy atom. The Bertz CT molecular complexity index is 390. The van der Waals surface area contributed by atoms with Crippen molar-refractivity contribution in [1.29, 1.82) is 0 Å². The summed E-state index contributed by atoms with van der Waals surface area (Å²) in [4.78, 5) is 13.2. The predicted octanol–water partition coefficient (Wildman–Crippen LogP) is 1.22. The zero-order valence-corrected chi connectivity index (χ0v) is 11.4. The molecule has 1 rings (SSSR count). The monoisotopic (exact) mass is 249 g/mol. The third-order valence-corrected chi connectivity index (χ3v) is 2.88. The Morgan fingerprint density at radius 3 is 2.78 bits per heavy atom. The maximum Gasteiger partial charge on any atom is 0.248 e. The smallest absolute Gasteiger partial charge is 0.248 e. The normalized spacial score (nSPS) is 12.7. The summed E-state index contributed by atoms with van der Waals surface area (Å²) in [7, 11) is 4.14. The van der Waals surface area contributed by atoms with Crippen molar-refractivity contribution in [2.24, 2.45) is 5.73 Å². The quantitative estimate of drug-likeness (QED) is 0.764. The molecule has 0 saturated carbocycles. The summed E-state index contributed by atoms with van der Waals surface area (Å²) in [6, 6.07) is 7.89. The van der Waals surface area contributed by atoms with Gasteiger partial charge >= 0.3 is 0 Å². The maximum atomic E-state index is 11.1. The molecule has 4 nitrogen and oxygen atoms in total. The van der Waals surface area contributed by atoms with Gasteiger partial charge in [0, 0.05) is 18.2 Å². The number of hydrogen-bond acceptors (Lipinski definition) is 3. The molecule has 0 aliphatic heterocycles. The fourth-order valence-electron chi connectivity index (χ4n) is 1.68. The summed E-state index contributed by atoms with van der Waals surface area (Å²) in [5.41, 5.74) is 6.91. The van der Waals surface area contributed by atoms with Crippen molar-refractivity contribution in [1.82, 2.24) is 10.2 Å². The Kier molecular flexibility index (Phi) is 5.82. The van der Waals surface area contributed by atoms with Crippen molar-refractivity contribution >= 4 is 5.91 Å². The first kappa shape index (κ1) is 14.7. The van der Waals surface area contributed by atoms with Crippen molar-refractivity contribution in [3.05, 3.63) is 35.4 Å². The van der Waals surface area contributed by atoms with Crippen LogP contribution in [-0.4, -0.2) is 37.5 Å². The number of nitrogens with one attached hydrogen (secondary N) is 1. The second-order valence-corrected chi connectivity index (χ2v) is 4.94. The first-order valence-corrected chi connectivity index (χ1v) is 6.26. The number of carbonyl (C=O) groups is 1. The molecule has 0 fully saturated rings. The molecule has 1 amide bonds. The van der Waals surface area contributed by atoms with Crippen LogP contribution in [0.5, 0.6) is 0 Å². The Hall–Kier alpha value is -1.39. The molecule has 0 saturated heterocycles. The van der Waals surface area contributed by atoms with Gasteiger partial charge in [-0.3, -0.25) is 4.79 Å². The highest BCUT2D eigenvalue weighted by Gasteiger charge is 2.04. The van der Waals surface area contributed by atoms with E-state index in [9.17, 15) is 4.79 Å². The Balaban J connectivity index is 2.43. The molecule has 3 N–H and O–H groups in total. The highest BCUT2D eigenvalue weighted by atomic mass is 16.1. The molecule has 100 valence electrons. The minimum atomic E-state index is -0.377. The van der Waals surface area contributed by atoms with Crippen molar-refractivity contribution in [3.8, 4) is 0 Å². The van der Waals surface area contributed by atoms with Crippen LogP contribution in [0, 0.1) is 0 Å². The molecule has 0 bridgehead atoms. The lowest BCUT2D eigenvalue weighted by atomic mass is 10.1. The molecule has 0 aliphatic rings. The summed E-state index contributed by atoms with van der Waals surface area (Å²) < 4.78 is 0. The highest BCUT2D eigenvalue weighted by molar-refractivity contribution is 5.92. The third-order valence-electron chi connectivity index (χ3n) is 2.88. The zero-order chi connectivity index (χ0) is 13.5. The largest absolute Gasteiger partial charge is 0.366 e. The molecule has 0 heterocycles. The van der Waals surface area contributed by atoms with Crippen molar-refractivity contribution in [2.45, 2.75) is 25.9 Å². The van der Waals surface area contributed by atoms with E-state index in [1.165, 1.54) is 0 Å². The van der Waals surface area contributed by atoms with Crippen LogP contribution in [0.2, 0.25) is 0 Å². The van der Waals surface area contributed by atoms with E-state index in [1.807, 2.05) is 18.2 Å². The SMILES string of the molecule is CC(CCN(C)C)NCc1cccc(C(N)=O)c1. The van der Waals surface area contributed by atoms with Crippen LogP contribution in [0.1, 0.15) is 29.3 Å². The van der Waals surface area contributed by atoms with E-state index in [2.05, 4.69) is 31.2 Å². The lowest BCUT2D eigenvalue weighted by molar-refractivity contribution is 0.1000. The number of primary amides is 1. The van der Waals surface area contributed by atoms with Crippen molar-refractivity contribution in [2.75, 3.05) is 20.6 Å². The van der Waals surface area contributed by atoms with Crippen LogP contribution < -0.4 is 11.1 Å². The molecular weight excluding hydrogens is 226 g/mol. The summed E-state index contributed by atoms with van der Waals surface area (Å²) >= 11 is 0.